The van der Waals surface area contributed by atoms with E-state index in [4.69, 9.17) is 5.73 Å². The number of carbonyl (C=O) groups is 2. The molecule has 0 saturated heterocycles. The van der Waals surface area contributed by atoms with Crippen LogP contribution < -0.4 is 16.4 Å². The van der Waals surface area contributed by atoms with E-state index in [2.05, 4.69) is 10.6 Å². The van der Waals surface area contributed by atoms with Crippen LogP contribution in [0.2, 0.25) is 0 Å². The summed E-state index contributed by atoms with van der Waals surface area (Å²) in [5.41, 5.74) is 7.16. The molecule has 19 heavy (non-hydrogen) atoms. The Balaban J connectivity index is 0.00000324. The molecule has 0 aliphatic carbocycles. The van der Waals surface area contributed by atoms with E-state index in [-0.39, 0.29) is 24.2 Å². The van der Waals surface area contributed by atoms with Crippen molar-refractivity contribution < 1.29 is 9.59 Å². The van der Waals surface area contributed by atoms with Crippen LogP contribution in [-0.2, 0) is 16.0 Å². The molecular formula is C13H20ClN3O2. The summed E-state index contributed by atoms with van der Waals surface area (Å²) in [6.07, 6.45) is 1.12. The molecule has 1 aromatic rings. The number of nitrogens with one attached hydrogen (secondary N) is 2. The first kappa shape index (κ1) is 17.4. The van der Waals surface area contributed by atoms with Crippen molar-refractivity contribution in [2.24, 2.45) is 5.73 Å². The molecule has 0 heterocycles. The second kappa shape index (κ2) is 9.35. The third-order valence-electron chi connectivity index (χ3n) is 2.38. The van der Waals surface area contributed by atoms with E-state index >= 15 is 0 Å². The largest absolute Gasteiger partial charge is 0.356 e. The zero-order valence-corrected chi connectivity index (χ0v) is 11.8. The average molecular weight is 286 g/mol. The smallest absolute Gasteiger partial charge is 0.221 e. The number of anilines is 1. The highest BCUT2D eigenvalue weighted by atomic mass is 35.5. The molecule has 4 N–H and O–H groups in total. The Bertz CT molecular complexity index is 407. The molecule has 0 radical (unpaired) electrons. The number of amides is 2. The van der Waals surface area contributed by atoms with E-state index in [0.717, 1.165) is 17.7 Å². The second-order valence-corrected chi connectivity index (χ2v) is 4.02. The van der Waals surface area contributed by atoms with Crippen LogP contribution in [0.3, 0.4) is 0 Å². The zero-order valence-electron chi connectivity index (χ0n) is 10.9. The molecule has 1 rings (SSSR count). The zero-order chi connectivity index (χ0) is 13.4. The lowest BCUT2D eigenvalue weighted by Crippen LogP contribution is -2.27. The number of rotatable bonds is 6. The number of hydrogen-bond donors (Lipinski definition) is 3. The standard InChI is InChI=1S/C13H19N3O2.ClH/c1-10(17)16-12-4-2-11(3-5-12)7-9-15-13(18)6-8-14;/h2-5H,6-9,14H2,1H3,(H,15,18)(H,16,17);1H. The molecule has 106 valence electrons. The lowest BCUT2D eigenvalue weighted by Gasteiger charge is -2.06. The molecule has 0 fully saturated rings. The number of nitrogens with two attached hydrogens (primary N) is 1. The van der Waals surface area contributed by atoms with Gasteiger partial charge in [-0.3, -0.25) is 9.59 Å². The van der Waals surface area contributed by atoms with Gasteiger partial charge in [-0.05, 0) is 24.1 Å². The normalized spacial score (nSPS) is 9.37. The Labute approximate surface area is 119 Å². The van der Waals surface area contributed by atoms with Crippen LogP contribution in [0.25, 0.3) is 0 Å². The summed E-state index contributed by atoms with van der Waals surface area (Å²) < 4.78 is 0. The monoisotopic (exact) mass is 285 g/mol. The summed E-state index contributed by atoms with van der Waals surface area (Å²) in [6, 6.07) is 7.55. The van der Waals surface area contributed by atoms with Gasteiger partial charge in [-0.1, -0.05) is 12.1 Å². The first-order valence-electron chi connectivity index (χ1n) is 5.95. The van der Waals surface area contributed by atoms with Gasteiger partial charge >= 0.3 is 0 Å². The van der Waals surface area contributed by atoms with Gasteiger partial charge in [0.2, 0.25) is 11.8 Å². The van der Waals surface area contributed by atoms with Crippen LogP contribution in [0.5, 0.6) is 0 Å². The first-order valence-corrected chi connectivity index (χ1v) is 5.95. The number of hydrogen-bond acceptors (Lipinski definition) is 3. The molecule has 0 aromatic heterocycles. The summed E-state index contributed by atoms with van der Waals surface area (Å²) in [7, 11) is 0. The van der Waals surface area contributed by atoms with Gasteiger partial charge in [-0.25, -0.2) is 0 Å². The lowest BCUT2D eigenvalue weighted by atomic mass is 10.1. The van der Waals surface area contributed by atoms with Gasteiger partial charge in [-0.15, -0.1) is 12.4 Å². The van der Waals surface area contributed by atoms with Crippen molar-refractivity contribution in [2.75, 3.05) is 18.4 Å². The fourth-order valence-electron chi connectivity index (χ4n) is 1.52. The number of benzene rings is 1. The van der Waals surface area contributed by atoms with Crippen molar-refractivity contribution >= 4 is 29.9 Å². The van der Waals surface area contributed by atoms with Gasteiger partial charge in [-0.2, -0.15) is 0 Å². The van der Waals surface area contributed by atoms with Crippen molar-refractivity contribution in [1.82, 2.24) is 5.32 Å². The van der Waals surface area contributed by atoms with E-state index in [1.807, 2.05) is 24.3 Å². The Hall–Kier alpha value is -1.59. The van der Waals surface area contributed by atoms with E-state index in [9.17, 15) is 9.59 Å². The Kier molecular flexibility index (Phi) is 8.57. The minimum absolute atomic E-state index is 0. The SMILES string of the molecule is CC(=O)Nc1ccc(CCNC(=O)CCN)cc1.Cl. The minimum atomic E-state index is -0.0863. The van der Waals surface area contributed by atoms with E-state index in [1.165, 1.54) is 6.92 Å². The van der Waals surface area contributed by atoms with Crippen LogP contribution in [0, 0.1) is 0 Å². The van der Waals surface area contributed by atoms with Gasteiger partial charge in [0, 0.05) is 32.1 Å². The molecular weight excluding hydrogens is 266 g/mol. The summed E-state index contributed by atoms with van der Waals surface area (Å²) in [5, 5.41) is 5.49. The van der Waals surface area contributed by atoms with Gasteiger partial charge in [0.05, 0.1) is 0 Å². The van der Waals surface area contributed by atoms with Crippen LogP contribution >= 0.6 is 12.4 Å². The molecule has 0 aliphatic rings. The van der Waals surface area contributed by atoms with Gasteiger partial charge in [0.25, 0.3) is 0 Å². The fraction of sp³-hybridized carbons (Fsp3) is 0.385. The van der Waals surface area contributed by atoms with Crippen LogP contribution in [0.4, 0.5) is 5.69 Å². The molecule has 0 unspecified atom stereocenters. The molecule has 1 aromatic carbocycles. The van der Waals surface area contributed by atoms with E-state index in [0.29, 0.717) is 19.5 Å². The summed E-state index contributed by atoms with van der Waals surface area (Å²) in [4.78, 5) is 22.0. The van der Waals surface area contributed by atoms with Gasteiger partial charge < -0.3 is 16.4 Å². The maximum atomic E-state index is 11.2. The molecule has 5 nitrogen and oxygen atoms in total. The highest BCUT2D eigenvalue weighted by Gasteiger charge is 1.99. The van der Waals surface area contributed by atoms with Crippen molar-refractivity contribution in [3.8, 4) is 0 Å². The van der Waals surface area contributed by atoms with Crippen molar-refractivity contribution in [1.29, 1.82) is 0 Å². The highest BCUT2D eigenvalue weighted by molar-refractivity contribution is 5.88. The maximum Gasteiger partial charge on any atom is 0.221 e. The molecule has 2 amide bonds. The van der Waals surface area contributed by atoms with Crippen LogP contribution in [0.1, 0.15) is 18.9 Å². The number of halogens is 1. The van der Waals surface area contributed by atoms with Crippen molar-refractivity contribution in [3.63, 3.8) is 0 Å². The maximum absolute atomic E-state index is 11.2. The Morgan fingerprint density at radius 3 is 2.37 bits per heavy atom. The van der Waals surface area contributed by atoms with E-state index < -0.39 is 0 Å². The van der Waals surface area contributed by atoms with Crippen molar-refractivity contribution in [2.45, 2.75) is 19.8 Å². The second-order valence-electron chi connectivity index (χ2n) is 4.02. The molecule has 0 atom stereocenters. The minimum Gasteiger partial charge on any atom is -0.356 e. The number of carbonyl (C=O) groups excluding carboxylic acids is 2. The van der Waals surface area contributed by atoms with Crippen LogP contribution in [-0.4, -0.2) is 24.9 Å². The lowest BCUT2D eigenvalue weighted by molar-refractivity contribution is -0.120. The molecule has 0 spiro atoms. The Morgan fingerprint density at radius 2 is 1.84 bits per heavy atom. The van der Waals surface area contributed by atoms with E-state index in [1.54, 1.807) is 0 Å². The summed E-state index contributed by atoms with van der Waals surface area (Å²) in [5.74, 6) is -0.107. The quantitative estimate of drug-likeness (QED) is 0.731. The van der Waals surface area contributed by atoms with Gasteiger partial charge in [0.15, 0.2) is 0 Å². The average Bonchev–Trinajstić information content (AvgIpc) is 2.31. The first-order chi connectivity index (χ1) is 8.61. The van der Waals surface area contributed by atoms with Crippen LogP contribution in [0.15, 0.2) is 24.3 Å². The molecule has 0 bridgehead atoms. The predicted molar refractivity (Wildman–Crippen MR) is 78.4 cm³/mol. The molecule has 0 aliphatic heterocycles. The fourth-order valence-corrected chi connectivity index (χ4v) is 1.52. The predicted octanol–water partition coefficient (Wildman–Crippen LogP) is 1.07. The van der Waals surface area contributed by atoms with Crippen molar-refractivity contribution in [3.05, 3.63) is 29.8 Å². The van der Waals surface area contributed by atoms with Gasteiger partial charge in [0.1, 0.15) is 0 Å². The summed E-state index contributed by atoms with van der Waals surface area (Å²) in [6.45, 7) is 2.44. The topological polar surface area (TPSA) is 84.2 Å². The third-order valence-corrected chi connectivity index (χ3v) is 2.38. The summed E-state index contributed by atoms with van der Waals surface area (Å²) >= 11 is 0. The molecule has 0 saturated carbocycles. The molecule has 6 heteroatoms. The third kappa shape index (κ3) is 7.43. The Morgan fingerprint density at radius 1 is 1.21 bits per heavy atom. The highest BCUT2D eigenvalue weighted by Crippen LogP contribution is 2.09.